The fourth-order valence-electron chi connectivity index (χ4n) is 1.38. The van der Waals surface area contributed by atoms with Gasteiger partial charge in [0.15, 0.2) is 0 Å². The van der Waals surface area contributed by atoms with Crippen molar-refractivity contribution in [3.8, 4) is 0 Å². The highest BCUT2D eigenvalue weighted by Gasteiger charge is 2.15. The predicted octanol–water partition coefficient (Wildman–Crippen LogP) is 4.01. The Morgan fingerprint density at radius 2 is 1.67 bits per heavy atom. The standard InChI is InChI=1S/C12H9Br2NO2S/c13-9-4-3-5-10(8-9)18(16,17)15-12-7-2-1-6-11(12)14/h1-8,15H. The number of nitrogens with one attached hydrogen (secondary N) is 1. The predicted molar refractivity (Wildman–Crippen MR) is 79.1 cm³/mol. The molecule has 0 aliphatic rings. The van der Waals surface area contributed by atoms with Crippen LogP contribution in [0.15, 0.2) is 62.4 Å². The molecule has 1 N–H and O–H groups in total. The summed E-state index contributed by atoms with van der Waals surface area (Å²) in [6.07, 6.45) is 0. The zero-order chi connectivity index (χ0) is 13.2. The van der Waals surface area contributed by atoms with Crippen molar-refractivity contribution in [3.63, 3.8) is 0 Å². The second kappa shape index (κ2) is 5.42. The molecule has 0 heterocycles. The average Bonchev–Trinajstić information content (AvgIpc) is 2.32. The van der Waals surface area contributed by atoms with E-state index in [0.717, 1.165) is 4.47 Å². The van der Waals surface area contributed by atoms with Gasteiger partial charge >= 0.3 is 0 Å². The summed E-state index contributed by atoms with van der Waals surface area (Å²) in [5, 5.41) is 0. The van der Waals surface area contributed by atoms with Crippen molar-refractivity contribution in [2.45, 2.75) is 4.90 Å². The third-order valence-corrected chi connectivity index (χ3v) is 4.77. The van der Waals surface area contributed by atoms with E-state index in [1.54, 1.807) is 42.5 Å². The molecule has 0 atom stereocenters. The zero-order valence-corrected chi connectivity index (χ0v) is 13.1. The van der Waals surface area contributed by atoms with E-state index >= 15 is 0 Å². The molecule has 18 heavy (non-hydrogen) atoms. The highest BCUT2D eigenvalue weighted by atomic mass is 79.9. The molecule has 2 aromatic rings. The summed E-state index contributed by atoms with van der Waals surface area (Å²) >= 11 is 6.55. The summed E-state index contributed by atoms with van der Waals surface area (Å²) in [7, 11) is -3.57. The quantitative estimate of drug-likeness (QED) is 0.860. The molecule has 0 unspecified atom stereocenters. The van der Waals surface area contributed by atoms with Gasteiger partial charge < -0.3 is 0 Å². The van der Waals surface area contributed by atoms with E-state index in [4.69, 9.17) is 0 Å². The molecule has 0 bridgehead atoms. The fraction of sp³-hybridized carbons (Fsp3) is 0. The number of sulfonamides is 1. The Morgan fingerprint density at radius 1 is 0.944 bits per heavy atom. The molecule has 2 aromatic carbocycles. The van der Waals surface area contributed by atoms with Crippen molar-refractivity contribution in [1.29, 1.82) is 0 Å². The van der Waals surface area contributed by atoms with Gasteiger partial charge in [0.1, 0.15) is 0 Å². The van der Waals surface area contributed by atoms with Crippen LogP contribution in [0.5, 0.6) is 0 Å². The van der Waals surface area contributed by atoms with Crippen LogP contribution in [-0.2, 0) is 10.0 Å². The Hall–Kier alpha value is -0.850. The van der Waals surface area contributed by atoms with Crippen LogP contribution in [0.25, 0.3) is 0 Å². The summed E-state index contributed by atoms with van der Waals surface area (Å²) in [4.78, 5) is 0.215. The van der Waals surface area contributed by atoms with Crippen LogP contribution in [0.3, 0.4) is 0 Å². The molecule has 0 fully saturated rings. The van der Waals surface area contributed by atoms with Gasteiger partial charge in [0, 0.05) is 8.95 Å². The van der Waals surface area contributed by atoms with Gasteiger partial charge in [0.2, 0.25) is 0 Å². The maximum atomic E-state index is 12.2. The molecular weight excluding hydrogens is 382 g/mol. The number of halogens is 2. The van der Waals surface area contributed by atoms with Crippen LogP contribution in [-0.4, -0.2) is 8.42 Å². The molecule has 3 nitrogen and oxygen atoms in total. The molecule has 0 saturated heterocycles. The van der Waals surface area contributed by atoms with E-state index in [9.17, 15) is 8.42 Å². The van der Waals surface area contributed by atoms with Crippen LogP contribution in [0.1, 0.15) is 0 Å². The lowest BCUT2D eigenvalue weighted by Gasteiger charge is -2.09. The third-order valence-electron chi connectivity index (χ3n) is 2.22. The van der Waals surface area contributed by atoms with Crippen LogP contribution < -0.4 is 4.72 Å². The molecule has 0 radical (unpaired) electrons. The van der Waals surface area contributed by atoms with E-state index in [1.807, 2.05) is 6.07 Å². The van der Waals surface area contributed by atoms with Crippen LogP contribution in [0.4, 0.5) is 5.69 Å². The molecule has 2 rings (SSSR count). The lowest BCUT2D eigenvalue weighted by molar-refractivity contribution is 0.601. The van der Waals surface area contributed by atoms with Crippen LogP contribution in [0.2, 0.25) is 0 Å². The largest absolute Gasteiger partial charge is 0.278 e. The van der Waals surface area contributed by atoms with Gasteiger partial charge in [-0.05, 0) is 46.3 Å². The van der Waals surface area contributed by atoms with Crippen molar-refractivity contribution < 1.29 is 8.42 Å². The maximum Gasteiger partial charge on any atom is 0.261 e. The molecule has 0 aliphatic carbocycles. The second-order valence-corrected chi connectivity index (χ2v) is 7.00. The van der Waals surface area contributed by atoms with Gasteiger partial charge in [-0.3, -0.25) is 4.72 Å². The zero-order valence-electron chi connectivity index (χ0n) is 9.10. The number of hydrogen-bond donors (Lipinski definition) is 1. The highest BCUT2D eigenvalue weighted by molar-refractivity contribution is 9.10. The molecule has 94 valence electrons. The number of anilines is 1. The molecule has 0 aromatic heterocycles. The highest BCUT2D eigenvalue weighted by Crippen LogP contribution is 2.25. The van der Waals surface area contributed by atoms with Crippen LogP contribution in [0, 0.1) is 0 Å². The van der Waals surface area contributed by atoms with E-state index in [0.29, 0.717) is 10.2 Å². The van der Waals surface area contributed by atoms with Crippen molar-refractivity contribution in [1.82, 2.24) is 0 Å². The van der Waals surface area contributed by atoms with Gasteiger partial charge in [0.05, 0.1) is 10.6 Å². The Kier molecular flexibility index (Phi) is 4.09. The van der Waals surface area contributed by atoms with Crippen molar-refractivity contribution in [2.75, 3.05) is 4.72 Å². The Morgan fingerprint density at radius 3 is 2.33 bits per heavy atom. The minimum Gasteiger partial charge on any atom is -0.278 e. The Bertz CT molecular complexity index is 671. The fourth-order valence-corrected chi connectivity index (χ4v) is 3.57. The molecule has 0 amide bonds. The summed E-state index contributed by atoms with van der Waals surface area (Å²) in [5.74, 6) is 0. The van der Waals surface area contributed by atoms with E-state index in [2.05, 4.69) is 36.6 Å². The summed E-state index contributed by atoms with van der Waals surface area (Å²) in [6.45, 7) is 0. The number of para-hydroxylation sites is 1. The number of benzene rings is 2. The maximum absolute atomic E-state index is 12.2. The average molecular weight is 391 g/mol. The number of rotatable bonds is 3. The normalized spacial score (nSPS) is 11.2. The van der Waals surface area contributed by atoms with Crippen LogP contribution >= 0.6 is 31.9 Å². The molecular formula is C12H9Br2NO2S. The molecule has 0 saturated carbocycles. The molecule has 6 heteroatoms. The van der Waals surface area contributed by atoms with Gasteiger partial charge in [-0.25, -0.2) is 8.42 Å². The minimum atomic E-state index is -3.57. The second-order valence-electron chi connectivity index (χ2n) is 3.54. The number of hydrogen-bond acceptors (Lipinski definition) is 2. The van der Waals surface area contributed by atoms with Crippen molar-refractivity contribution in [3.05, 3.63) is 57.5 Å². The Labute approximate surface area is 123 Å². The molecule has 0 spiro atoms. The first-order valence-corrected chi connectivity index (χ1v) is 8.09. The minimum absolute atomic E-state index is 0.215. The van der Waals surface area contributed by atoms with Gasteiger partial charge in [0.25, 0.3) is 10.0 Å². The van der Waals surface area contributed by atoms with E-state index in [-0.39, 0.29) is 4.90 Å². The SMILES string of the molecule is O=S(=O)(Nc1ccccc1Br)c1cccc(Br)c1. The smallest absolute Gasteiger partial charge is 0.261 e. The molecule has 0 aliphatic heterocycles. The lowest BCUT2D eigenvalue weighted by Crippen LogP contribution is -2.13. The van der Waals surface area contributed by atoms with Crippen molar-refractivity contribution in [2.24, 2.45) is 0 Å². The van der Waals surface area contributed by atoms with Gasteiger partial charge in [-0.1, -0.05) is 34.1 Å². The summed E-state index contributed by atoms with van der Waals surface area (Å²) in [6, 6.07) is 13.6. The first kappa shape index (κ1) is 13.6. The van der Waals surface area contributed by atoms with Crippen molar-refractivity contribution >= 4 is 47.6 Å². The first-order chi connectivity index (χ1) is 8.49. The van der Waals surface area contributed by atoms with E-state index in [1.165, 1.54) is 0 Å². The third kappa shape index (κ3) is 3.13. The Balaban J connectivity index is 2.37. The first-order valence-electron chi connectivity index (χ1n) is 5.02. The van der Waals surface area contributed by atoms with E-state index < -0.39 is 10.0 Å². The lowest BCUT2D eigenvalue weighted by atomic mass is 10.3. The monoisotopic (exact) mass is 389 g/mol. The summed E-state index contributed by atoms with van der Waals surface area (Å²) in [5.41, 5.74) is 0.512. The topological polar surface area (TPSA) is 46.2 Å². The van der Waals surface area contributed by atoms with Gasteiger partial charge in [-0.15, -0.1) is 0 Å². The summed E-state index contributed by atoms with van der Waals surface area (Å²) < 4.78 is 28.3. The van der Waals surface area contributed by atoms with Gasteiger partial charge in [-0.2, -0.15) is 0 Å².